The summed E-state index contributed by atoms with van der Waals surface area (Å²) in [5, 5.41) is 16.6. The van der Waals surface area contributed by atoms with Crippen molar-refractivity contribution >= 4 is 11.6 Å². The van der Waals surface area contributed by atoms with Gasteiger partial charge in [-0.2, -0.15) is 0 Å². The van der Waals surface area contributed by atoms with E-state index in [1.54, 1.807) is 18.2 Å². The first-order valence-corrected chi connectivity index (χ1v) is 6.77. The second-order valence-electron chi connectivity index (χ2n) is 4.75. The predicted octanol–water partition coefficient (Wildman–Crippen LogP) is 1.99. The van der Waals surface area contributed by atoms with Crippen LogP contribution in [0.4, 0.5) is 5.69 Å². The summed E-state index contributed by atoms with van der Waals surface area (Å²) in [6, 6.07) is 6.66. The van der Waals surface area contributed by atoms with Gasteiger partial charge in [-0.3, -0.25) is 14.9 Å². The molecule has 0 heterocycles. The van der Waals surface area contributed by atoms with Crippen LogP contribution in [0.15, 0.2) is 24.3 Å². The van der Waals surface area contributed by atoms with Crippen molar-refractivity contribution in [3.63, 3.8) is 0 Å². The highest BCUT2D eigenvalue weighted by Gasteiger charge is 2.12. The first-order valence-electron chi connectivity index (χ1n) is 6.77. The monoisotopic (exact) mass is 279 g/mol. The van der Waals surface area contributed by atoms with Crippen LogP contribution in [0.3, 0.4) is 0 Å². The second kappa shape index (κ2) is 8.27. The third kappa shape index (κ3) is 5.36. The van der Waals surface area contributed by atoms with Crippen molar-refractivity contribution in [2.24, 2.45) is 0 Å². The summed E-state index contributed by atoms with van der Waals surface area (Å²) >= 11 is 0. The highest BCUT2D eigenvalue weighted by molar-refractivity contribution is 5.78. The van der Waals surface area contributed by atoms with Crippen LogP contribution in [-0.2, 0) is 11.3 Å². The number of nitro benzene ring substituents is 1. The first kappa shape index (κ1) is 16.1. The van der Waals surface area contributed by atoms with Crippen LogP contribution in [0.5, 0.6) is 0 Å². The molecule has 0 spiro atoms. The van der Waals surface area contributed by atoms with E-state index in [0.717, 1.165) is 12.8 Å². The number of carbonyl (C=O) groups excluding carboxylic acids is 1. The van der Waals surface area contributed by atoms with Gasteiger partial charge in [0.15, 0.2) is 0 Å². The van der Waals surface area contributed by atoms with E-state index in [1.807, 2.05) is 6.92 Å². The molecule has 6 nitrogen and oxygen atoms in total. The van der Waals surface area contributed by atoms with Gasteiger partial charge in [-0.1, -0.05) is 31.5 Å². The Morgan fingerprint density at radius 3 is 2.75 bits per heavy atom. The molecule has 0 aliphatic heterocycles. The molecule has 0 aliphatic carbocycles. The molecule has 0 aromatic heterocycles. The minimum Gasteiger partial charge on any atom is -0.353 e. The Hall–Kier alpha value is -1.95. The summed E-state index contributed by atoms with van der Waals surface area (Å²) in [6.45, 7) is 4.48. The molecule has 1 rings (SSSR count). The fourth-order valence-corrected chi connectivity index (χ4v) is 1.98. The largest absolute Gasteiger partial charge is 0.353 e. The fraction of sp³-hybridized carbons (Fsp3) is 0.500. The Kier molecular flexibility index (Phi) is 6.66. The van der Waals surface area contributed by atoms with Gasteiger partial charge in [0, 0.05) is 24.2 Å². The lowest BCUT2D eigenvalue weighted by molar-refractivity contribution is -0.385. The fourth-order valence-electron chi connectivity index (χ4n) is 1.98. The van der Waals surface area contributed by atoms with Crippen LogP contribution < -0.4 is 10.6 Å². The summed E-state index contributed by atoms with van der Waals surface area (Å²) in [7, 11) is 0. The Morgan fingerprint density at radius 2 is 2.10 bits per heavy atom. The third-order valence-corrected chi connectivity index (χ3v) is 2.92. The number of hydrogen-bond donors (Lipinski definition) is 2. The molecule has 0 aliphatic rings. The number of carbonyl (C=O) groups is 1. The van der Waals surface area contributed by atoms with Gasteiger partial charge in [-0.15, -0.1) is 0 Å². The average molecular weight is 279 g/mol. The van der Waals surface area contributed by atoms with Crippen LogP contribution in [0, 0.1) is 10.1 Å². The number of hydrogen-bond acceptors (Lipinski definition) is 4. The van der Waals surface area contributed by atoms with E-state index in [0.29, 0.717) is 12.1 Å². The number of benzene rings is 1. The van der Waals surface area contributed by atoms with Crippen molar-refractivity contribution in [2.45, 2.75) is 39.3 Å². The molecular weight excluding hydrogens is 258 g/mol. The van der Waals surface area contributed by atoms with Crippen LogP contribution >= 0.6 is 0 Å². The van der Waals surface area contributed by atoms with Gasteiger partial charge >= 0.3 is 0 Å². The lowest BCUT2D eigenvalue weighted by Gasteiger charge is -2.13. The molecule has 0 bridgehead atoms. The molecule has 1 aromatic carbocycles. The summed E-state index contributed by atoms with van der Waals surface area (Å²) < 4.78 is 0. The van der Waals surface area contributed by atoms with Crippen molar-refractivity contribution in [1.82, 2.24) is 10.6 Å². The van der Waals surface area contributed by atoms with Crippen LogP contribution in [-0.4, -0.2) is 23.4 Å². The number of amides is 1. The summed E-state index contributed by atoms with van der Waals surface area (Å²) in [4.78, 5) is 22.0. The third-order valence-electron chi connectivity index (χ3n) is 2.92. The van der Waals surface area contributed by atoms with Crippen molar-refractivity contribution in [3.05, 3.63) is 39.9 Å². The second-order valence-corrected chi connectivity index (χ2v) is 4.75. The number of para-hydroxylation sites is 1. The van der Waals surface area contributed by atoms with Gasteiger partial charge in [0.05, 0.1) is 11.5 Å². The summed E-state index contributed by atoms with van der Waals surface area (Å²) in [5.74, 6) is -0.0930. The van der Waals surface area contributed by atoms with Crippen molar-refractivity contribution in [2.75, 3.05) is 6.54 Å². The molecule has 20 heavy (non-hydrogen) atoms. The Labute approximate surface area is 118 Å². The van der Waals surface area contributed by atoms with Gasteiger partial charge in [0.2, 0.25) is 5.91 Å². The smallest absolute Gasteiger partial charge is 0.273 e. The number of nitrogens with zero attached hydrogens (tertiary/aromatic N) is 1. The number of rotatable bonds is 8. The van der Waals surface area contributed by atoms with Gasteiger partial charge in [-0.25, -0.2) is 0 Å². The van der Waals surface area contributed by atoms with Crippen molar-refractivity contribution in [3.8, 4) is 0 Å². The Bertz CT molecular complexity index is 463. The molecule has 0 saturated heterocycles. The van der Waals surface area contributed by atoms with E-state index in [-0.39, 0.29) is 24.2 Å². The maximum atomic E-state index is 11.6. The van der Waals surface area contributed by atoms with Gasteiger partial charge < -0.3 is 10.6 Å². The molecule has 0 saturated carbocycles. The minimum absolute atomic E-state index is 0.0692. The standard InChI is InChI=1S/C14H21N3O3/c1-3-6-11(2)16-14(18)10-15-9-12-7-4-5-8-13(12)17(19)20/h4-5,7-8,11,15H,3,6,9-10H2,1-2H3,(H,16,18). The maximum Gasteiger partial charge on any atom is 0.273 e. The molecule has 1 amide bonds. The summed E-state index contributed by atoms with van der Waals surface area (Å²) in [6.07, 6.45) is 1.96. The molecule has 110 valence electrons. The van der Waals surface area contributed by atoms with E-state index in [2.05, 4.69) is 17.6 Å². The lowest BCUT2D eigenvalue weighted by atomic mass is 10.2. The normalized spacial score (nSPS) is 11.9. The van der Waals surface area contributed by atoms with Crippen LogP contribution in [0.1, 0.15) is 32.3 Å². The van der Waals surface area contributed by atoms with Gasteiger partial charge in [0.1, 0.15) is 0 Å². The first-order chi connectivity index (χ1) is 9.54. The zero-order valence-electron chi connectivity index (χ0n) is 11.9. The number of nitrogens with one attached hydrogen (secondary N) is 2. The maximum absolute atomic E-state index is 11.6. The van der Waals surface area contributed by atoms with E-state index in [4.69, 9.17) is 0 Å². The highest BCUT2D eigenvalue weighted by atomic mass is 16.6. The van der Waals surface area contributed by atoms with Gasteiger partial charge in [-0.05, 0) is 13.3 Å². The van der Waals surface area contributed by atoms with E-state index in [9.17, 15) is 14.9 Å². The van der Waals surface area contributed by atoms with Crippen LogP contribution in [0.2, 0.25) is 0 Å². The molecule has 1 aromatic rings. The highest BCUT2D eigenvalue weighted by Crippen LogP contribution is 2.16. The average Bonchev–Trinajstić information content (AvgIpc) is 2.39. The van der Waals surface area contributed by atoms with E-state index < -0.39 is 4.92 Å². The molecular formula is C14H21N3O3. The lowest BCUT2D eigenvalue weighted by Crippen LogP contribution is -2.38. The number of nitro groups is 1. The van der Waals surface area contributed by atoms with E-state index >= 15 is 0 Å². The zero-order chi connectivity index (χ0) is 15.0. The molecule has 6 heteroatoms. The molecule has 1 unspecified atom stereocenters. The SMILES string of the molecule is CCCC(C)NC(=O)CNCc1ccccc1[N+](=O)[O-]. The molecule has 0 radical (unpaired) electrons. The zero-order valence-corrected chi connectivity index (χ0v) is 11.9. The molecule has 0 fully saturated rings. The minimum atomic E-state index is -0.416. The van der Waals surface area contributed by atoms with Crippen molar-refractivity contribution in [1.29, 1.82) is 0 Å². The molecule has 1 atom stereocenters. The van der Waals surface area contributed by atoms with Crippen molar-refractivity contribution < 1.29 is 9.72 Å². The van der Waals surface area contributed by atoms with Gasteiger partial charge in [0.25, 0.3) is 5.69 Å². The van der Waals surface area contributed by atoms with Crippen LogP contribution in [0.25, 0.3) is 0 Å². The topological polar surface area (TPSA) is 84.3 Å². The predicted molar refractivity (Wildman–Crippen MR) is 77.3 cm³/mol. The van der Waals surface area contributed by atoms with E-state index in [1.165, 1.54) is 6.07 Å². The summed E-state index contributed by atoms with van der Waals surface area (Å²) in [5.41, 5.74) is 0.645. The Morgan fingerprint density at radius 1 is 1.40 bits per heavy atom. The quantitative estimate of drug-likeness (QED) is 0.563. The Balaban J connectivity index is 2.41. The molecule has 2 N–H and O–H groups in total.